The average molecular weight is 629 g/mol. The van der Waals surface area contributed by atoms with E-state index in [9.17, 15) is 9.90 Å². The summed E-state index contributed by atoms with van der Waals surface area (Å²) in [5.41, 5.74) is 4.77. The number of carbonyl (C=O) groups excluding carboxylic acids is 1. The van der Waals surface area contributed by atoms with Gasteiger partial charge in [-0.3, -0.25) is 4.79 Å². The SMILES string of the molecule is [O]CCOc1c(-c2cccc(Cl)c2)cc(C(=O)NCCCCCCCCn2ccc3ccccc32)cc1-c1cccc(Cl)c1. The van der Waals surface area contributed by atoms with E-state index in [1.807, 2.05) is 48.5 Å². The van der Waals surface area contributed by atoms with Crippen LogP contribution < -0.4 is 10.1 Å². The Morgan fingerprint density at radius 1 is 0.727 bits per heavy atom. The van der Waals surface area contributed by atoms with Gasteiger partial charge in [-0.15, -0.1) is 0 Å². The molecule has 1 N–H and O–H groups in total. The number of amides is 1. The molecule has 7 heteroatoms. The summed E-state index contributed by atoms with van der Waals surface area (Å²) in [7, 11) is 0. The van der Waals surface area contributed by atoms with Gasteiger partial charge in [0.2, 0.25) is 0 Å². The number of aromatic nitrogens is 1. The van der Waals surface area contributed by atoms with E-state index in [0.29, 0.717) is 39.0 Å². The Labute approximate surface area is 269 Å². The molecule has 0 aliphatic heterocycles. The maximum Gasteiger partial charge on any atom is 0.251 e. The summed E-state index contributed by atoms with van der Waals surface area (Å²) in [6.07, 6.45) is 8.84. The van der Waals surface area contributed by atoms with Gasteiger partial charge >= 0.3 is 0 Å². The summed E-state index contributed by atoms with van der Waals surface area (Å²) in [6.45, 7) is 1.24. The van der Waals surface area contributed by atoms with Crippen molar-refractivity contribution in [3.63, 3.8) is 0 Å². The molecule has 0 aliphatic rings. The number of halogens is 2. The molecule has 1 radical (unpaired) electrons. The van der Waals surface area contributed by atoms with Crippen LogP contribution in [0.1, 0.15) is 48.9 Å². The lowest BCUT2D eigenvalue weighted by Crippen LogP contribution is -2.24. The third-order valence-corrected chi connectivity index (χ3v) is 8.21. The molecule has 5 rings (SSSR count). The predicted octanol–water partition coefficient (Wildman–Crippen LogP) is 9.86. The second kappa shape index (κ2) is 15.8. The van der Waals surface area contributed by atoms with Crippen molar-refractivity contribution in [2.75, 3.05) is 19.8 Å². The van der Waals surface area contributed by atoms with Gasteiger partial charge in [0, 0.05) is 51.5 Å². The molecule has 0 saturated heterocycles. The zero-order valence-corrected chi connectivity index (χ0v) is 26.2. The number of hydrogen-bond acceptors (Lipinski definition) is 2. The highest BCUT2D eigenvalue weighted by Crippen LogP contribution is 2.41. The Hall–Kier alpha value is -3.77. The van der Waals surface area contributed by atoms with Gasteiger partial charge in [-0.2, -0.15) is 0 Å². The number of para-hydroxylation sites is 1. The number of nitrogens with one attached hydrogen (secondary N) is 1. The largest absolute Gasteiger partial charge is 0.490 e. The van der Waals surface area contributed by atoms with E-state index in [0.717, 1.165) is 43.4 Å². The third kappa shape index (κ3) is 8.23. The number of fused-ring (bicyclic) bond motifs is 1. The Bertz CT molecular complexity index is 1630. The summed E-state index contributed by atoms with van der Waals surface area (Å²) in [5.74, 6) is 0.359. The van der Waals surface area contributed by atoms with Crippen LogP contribution in [0.5, 0.6) is 5.75 Å². The van der Waals surface area contributed by atoms with Crippen molar-refractivity contribution in [1.29, 1.82) is 0 Å². The van der Waals surface area contributed by atoms with E-state index in [1.165, 1.54) is 23.7 Å². The number of rotatable bonds is 15. The van der Waals surface area contributed by atoms with Crippen LogP contribution in [0.3, 0.4) is 0 Å². The third-order valence-electron chi connectivity index (χ3n) is 7.74. The Morgan fingerprint density at radius 2 is 1.36 bits per heavy atom. The second-order valence-corrected chi connectivity index (χ2v) is 11.8. The fourth-order valence-electron chi connectivity index (χ4n) is 5.55. The van der Waals surface area contributed by atoms with Gasteiger partial charge in [0.1, 0.15) is 19.0 Å². The van der Waals surface area contributed by atoms with Gasteiger partial charge in [0.05, 0.1) is 0 Å². The lowest BCUT2D eigenvalue weighted by Gasteiger charge is -2.18. The molecule has 0 atom stereocenters. The zero-order chi connectivity index (χ0) is 30.7. The normalized spacial score (nSPS) is 11.2. The smallest absolute Gasteiger partial charge is 0.251 e. The Morgan fingerprint density at radius 3 is 2.02 bits per heavy atom. The molecule has 5 nitrogen and oxygen atoms in total. The molecule has 227 valence electrons. The van der Waals surface area contributed by atoms with Crippen molar-refractivity contribution < 1.29 is 14.6 Å². The first-order valence-electron chi connectivity index (χ1n) is 15.3. The van der Waals surface area contributed by atoms with Crippen LogP contribution in [0.15, 0.2) is 97.2 Å². The number of ether oxygens (including phenoxy) is 1. The topological polar surface area (TPSA) is 63.2 Å². The van der Waals surface area contributed by atoms with Crippen LogP contribution in [-0.2, 0) is 11.7 Å². The van der Waals surface area contributed by atoms with Gasteiger partial charge in [-0.25, -0.2) is 5.11 Å². The molecule has 44 heavy (non-hydrogen) atoms. The van der Waals surface area contributed by atoms with Crippen molar-refractivity contribution in [3.05, 3.63) is 113 Å². The molecule has 0 bridgehead atoms. The van der Waals surface area contributed by atoms with Gasteiger partial charge in [0.25, 0.3) is 5.91 Å². The Kier molecular flexibility index (Phi) is 11.4. The molecule has 5 aromatic rings. The minimum absolute atomic E-state index is 0.00403. The first-order chi connectivity index (χ1) is 21.5. The summed E-state index contributed by atoms with van der Waals surface area (Å²) in [5, 5.41) is 16.9. The molecule has 4 aromatic carbocycles. The van der Waals surface area contributed by atoms with Crippen molar-refractivity contribution in [1.82, 2.24) is 9.88 Å². The van der Waals surface area contributed by atoms with E-state index in [1.54, 1.807) is 12.1 Å². The average Bonchev–Trinajstić information content (AvgIpc) is 3.45. The maximum atomic E-state index is 13.4. The number of benzene rings is 4. The molecule has 1 heterocycles. The van der Waals surface area contributed by atoms with Crippen molar-refractivity contribution in [2.24, 2.45) is 0 Å². The highest BCUT2D eigenvalue weighted by atomic mass is 35.5. The molecule has 0 spiro atoms. The fraction of sp³-hybridized carbons (Fsp3) is 0.270. The van der Waals surface area contributed by atoms with Crippen LogP contribution in [0.4, 0.5) is 0 Å². The quantitative estimate of drug-likeness (QED) is 0.117. The molecule has 1 aromatic heterocycles. The van der Waals surface area contributed by atoms with Crippen LogP contribution >= 0.6 is 23.2 Å². The molecule has 1 amide bonds. The van der Waals surface area contributed by atoms with Gasteiger partial charge in [-0.1, -0.05) is 91.3 Å². The summed E-state index contributed by atoms with van der Waals surface area (Å²) < 4.78 is 8.34. The molecular formula is C37H37Cl2N2O3. The summed E-state index contributed by atoms with van der Waals surface area (Å²) in [6, 6.07) is 29.1. The summed E-state index contributed by atoms with van der Waals surface area (Å²) in [4.78, 5) is 13.4. The Balaban J connectivity index is 1.19. The second-order valence-electron chi connectivity index (χ2n) is 10.9. The number of aryl methyl sites for hydroxylation is 1. The minimum atomic E-state index is -0.392. The number of carbonyl (C=O) groups is 1. The molecule has 0 fully saturated rings. The predicted molar refractivity (Wildman–Crippen MR) is 180 cm³/mol. The molecule has 0 aliphatic carbocycles. The van der Waals surface area contributed by atoms with E-state index in [4.69, 9.17) is 27.9 Å². The lowest BCUT2D eigenvalue weighted by atomic mass is 9.94. The van der Waals surface area contributed by atoms with Crippen molar-refractivity contribution in [2.45, 2.75) is 45.1 Å². The molecular weight excluding hydrogens is 591 g/mol. The van der Waals surface area contributed by atoms with E-state index < -0.39 is 6.61 Å². The summed E-state index contributed by atoms with van der Waals surface area (Å²) >= 11 is 12.7. The van der Waals surface area contributed by atoms with Gasteiger partial charge < -0.3 is 14.6 Å². The van der Waals surface area contributed by atoms with E-state index in [-0.39, 0.29) is 12.5 Å². The van der Waals surface area contributed by atoms with Gasteiger partial charge in [-0.05, 0) is 77.9 Å². The lowest BCUT2D eigenvalue weighted by molar-refractivity contribution is 0.0952. The van der Waals surface area contributed by atoms with Crippen LogP contribution in [-0.4, -0.2) is 30.2 Å². The number of nitrogens with zero attached hydrogens (tertiary/aromatic N) is 1. The first kappa shape index (κ1) is 31.6. The fourth-order valence-corrected chi connectivity index (χ4v) is 5.93. The van der Waals surface area contributed by atoms with Crippen molar-refractivity contribution >= 4 is 40.0 Å². The van der Waals surface area contributed by atoms with Crippen molar-refractivity contribution in [3.8, 4) is 28.0 Å². The molecule has 0 saturated carbocycles. The highest BCUT2D eigenvalue weighted by Gasteiger charge is 2.19. The minimum Gasteiger partial charge on any atom is -0.490 e. The first-order valence-corrected chi connectivity index (χ1v) is 16.0. The van der Waals surface area contributed by atoms with E-state index >= 15 is 0 Å². The maximum absolute atomic E-state index is 13.4. The number of unbranched alkanes of at least 4 members (excludes halogenated alkanes) is 5. The zero-order valence-electron chi connectivity index (χ0n) is 24.7. The standard InChI is InChI=1S/C37H37Cl2N2O3/c38-31-14-9-12-28(23-31)33-25-30(26-34(36(33)44-22-21-42)29-13-10-15-32(39)24-29)37(43)40-18-7-3-1-2-4-8-19-41-20-17-27-11-5-6-16-35(27)41/h5-6,9-17,20,23-26H,1-4,7-8,18-19,21-22H2,(H,40,43). The van der Waals surface area contributed by atoms with Crippen LogP contribution in [0.2, 0.25) is 10.0 Å². The highest BCUT2D eigenvalue weighted by molar-refractivity contribution is 6.31. The number of hydrogen-bond donors (Lipinski definition) is 1. The van der Waals surface area contributed by atoms with Crippen LogP contribution in [0.25, 0.3) is 33.2 Å². The van der Waals surface area contributed by atoms with Crippen LogP contribution in [0, 0.1) is 0 Å². The van der Waals surface area contributed by atoms with E-state index in [2.05, 4.69) is 46.4 Å². The van der Waals surface area contributed by atoms with Gasteiger partial charge in [0.15, 0.2) is 0 Å². The molecule has 0 unspecified atom stereocenters. The monoisotopic (exact) mass is 627 g/mol.